The number of hydrogen-bond acceptors (Lipinski definition) is 6. The molecule has 7 nitrogen and oxygen atoms in total. The first kappa shape index (κ1) is 20.0. The lowest BCUT2D eigenvalue weighted by molar-refractivity contribution is -0.123. The quantitative estimate of drug-likeness (QED) is 0.244. The number of nitrogens with one attached hydrogen (secondary N) is 1. The number of hydrogen-bond donors (Lipinski definition) is 1. The van der Waals surface area contributed by atoms with E-state index in [0.29, 0.717) is 46.2 Å². The molecule has 0 aliphatic rings. The third-order valence-electron chi connectivity index (χ3n) is 2.09. The molecule has 0 aliphatic carbocycles. The first-order chi connectivity index (χ1) is 9.81. The zero-order valence-corrected chi connectivity index (χ0v) is 14.1. The molecule has 1 amide bonds. The third-order valence-corrected chi connectivity index (χ3v) is 2.69. The molecule has 0 heterocycles. The molecule has 0 rings (SSSR count). The van der Waals surface area contributed by atoms with Crippen molar-refractivity contribution >= 4 is 28.8 Å². The zero-order chi connectivity index (χ0) is 14.9. The summed E-state index contributed by atoms with van der Waals surface area (Å²) in [7, 11) is 1.67. The molecule has 0 unspecified atom stereocenters. The molecule has 0 saturated carbocycles. The lowest BCUT2D eigenvalue weighted by Crippen LogP contribution is -2.20. The summed E-state index contributed by atoms with van der Waals surface area (Å²) in [6.45, 7) is 4.48. The number of carbonyl (C=O) groups is 1. The fourth-order valence-electron chi connectivity index (χ4n) is 1.16. The Morgan fingerprint density at radius 3 is 1.85 bits per heavy atom. The van der Waals surface area contributed by atoms with Gasteiger partial charge < -0.3 is 23.7 Å². The Bertz CT molecular complexity index is 220. The Labute approximate surface area is 134 Å². The maximum atomic E-state index is 10.8. The highest BCUT2D eigenvalue weighted by atomic mass is 127. The average Bonchev–Trinajstić information content (AvgIpc) is 2.47. The van der Waals surface area contributed by atoms with Gasteiger partial charge in [0.15, 0.2) is 0 Å². The predicted octanol–water partition coefficient (Wildman–Crippen LogP) is 0.556. The van der Waals surface area contributed by atoms with Crippen molar-refractivity contribution < 1.29 is 28.5 Å². The molecule has 0 spiro atoms. The summed E-state index contributed by atoms with van der Waals surface area (Å²) < 4.78 is 28.3. The van der Waals surface area contributed by atoms with Crippen LogP contribution in [0.15, 0.2) is 0 Å². The molecule has 0 aromatic heterocycles. The number of amides is 1. The van der Waals surface area contributed by atoms with Crippen LogP contribution in [0.5, 0.6) is 0 Å². The number of carbonyl (C=O) groups excluding carboxylic acids is 1. The van der Waals surface area contributed by atoms with Gasteiger partial charge in [0, 0.05) is 20.3 Å². The van der Waals surface area contributed by atoms with Crippen molar-refractivity contribution in [2.75, 3.05) is 66.6 Å². The van der Waals surface area contributed by atoms with Crippen LogP contribution < -0.4 is 3.53 Å². The summed E-state index contributed by atoms with van der Waals surface area (Å²) in [6, 6.07) is 0. The smallest absolute Gasteiger partial charge is 0.254 e. The average molecular weight is 405 g/mol. The Kier molecular flexibility index (Phi) is 17.1. The summed E-state index contributed by atoms with van der Waals surface area (Å²) in [4.78, 5) is 10.8. The van der Waals surface area contributed by atoms with E-state index >= 15 is 0 Å². The number of ether oxygens (including phenoxy) is 5. The summed E-state index contributed by atoms with van der Waals surface area (Å²) in [6.07, 6.45) is 0.898. The molecule has 0 aliphatic heterocycles. The Balaban J connectivity index is 2.97. The fourth-order valence-corrected chi connectivity index (χ4v) is 1.31. The second-order valence-electron chi connectivity index (χ2n) is 3.75. The first-order valence-corrected chi connectivity index (χ1v) is 7.58. The van der Waals surface area contributed by atoms with Gasteiger partial charge in [-0.25, -0.2) is 0 Å². The van der Waals surface area contributed by atoms with E-state index in [-0.39, 0.29) is 12.5 Å². The lowest BCUT2D eigenvalue weighted by Gasteiger charge is -2.07. The molecule has 0 atom stereocenters. The van der Waals surface area contributed by atoms with Gasteiger partial charge in [0.1, 0.15) is 6.61 Å². The van der Waals surface area contributed by atoms with Crippen molar-refractivity contribution in [3.05, 3.63) is 0 Å². The van der Waals surface area contributed by atoms with Gasteiger partial charge in [-0.1, -0.05) is 0 Å². The minimum Gasteiger partial charge on any atom is -0.385 e. The van der Waals surface area contributed by atoms with Crippen molar-refractivity contribution in [3.63, 3.8) is 0 Å². The van der Waals surface area contributed by atoms with Crippen LogP contribution in [0.4, 0.5) is 0 Å². The highest BCUT2D eigenvalue weighted by Crippen LogP contribution is 1.86. The Morgan fingerprint density at radius 2 is 1.35 bits per heavy atom. The molecule has 20 heavy (non-hydrogen) atoms. The minimum absolute atomic E-state index is 0.0587. The maximum absolute atomic E-state index is 10.8. The predicted molar refractivity (Wildman–Crippen MR) is 81.9 cm³/mol. The SMILES string of the molecule is COCCCOCCOCCOCCOCC(=O)NI. The van der Waals surface area contributed by atoms with Crippen LogP contribution in [0, 0.1) is 0 Å². The largest absolute Gasteiger partial charge is 0.385 e. The van der Waals surface area contributed by atoms with E-state index in [2.05, 4.69) is 3.53 Å². The topological polar surface area (TPSA) is 75.2 Å². The molecule has 120 valence electrons. The van der Waals surface area contributed by atoms with E-state index < -0.39 is 0 Å². The van der Waals surface area contributed by atoms with Gasteiger partial charge in [-0.05, 0) is 6.42 Å². The van der Waals surface area contributed by atoms with Crippen molar-refractivity contribution in [3.8, 4) is 0 Å². The van der Waals surface area contributed by atoms with E-state index in [4.69, 9.17) is 23.7 Å². The second-order valence-corrected chi connectivity index (χ2v) is 4.29. The van der Waals surface area contributed by atoms with Gasteiger partial charge in [0.25, 0.3) is 5.91 Å². The Morgan fingerprint density at radius 1 is 0.850 bits per heavy atom. The zero-order valence-electron chi connectivity index (χ0n) is 11.9. The summed E-state index contributed by atoms with van der Waals surface area (Å²) in [5.74, 6) is -0.153. The van der Waals surface area contributed by atoms with Crippen LogP contribution >= 0.6 is 22.9 Å². The summed E-state index contributed by atoms with van der Waals surface area (Å²) in [5.41, 5.74) is 0. The summed E-state index contributed by atoms with van der Waals surface area (Å²) in [5, 5.41) is 0. The van der Waals surface area contributed by atoms with Crippen LogP contribution in [0.3, 0.4) is 0 Å². The molecule has 0 aromatic carbocycles. The second kappa shape index (κ2) is 17.1. The van der Waals surface area contributed by atoms with E-state index in [9.17, 15) is 4.79 Å². The van der Waals surface area contributed by atoms with Gasteiger partial charge in [0.2, 0.25) is 0 Å². The van der Waals surface area contributed by atoms with Crippen LogP contribution in [0.1, 0.15) is 6.42 Å². The van der Waals surface area contributed by atoms with Crippen LogP contribution in [0.25, 0.3) is 0 Å². The monoisotopic (exact) mass is 405 g/mol. The van der Waals surface area contributed by atoms with E-state index in [0.717, 1.165) is 13.0 Å². The molecule has 8 heteroatoms. The molecule has 0 fully saturated rings. The summed E-state index contributed by atoms with van der Waals surface area (Å²) >= 11 is 1.77. The van der Waals surface area contributed by atoms with Gasteiger partial charge in [-0.3, -0.25) is 8.32 Å². The molecule has 0 aromatic rings. The molecule has 0 bridgehead atoms. The van der Waals surface area contributed by atoms with Crippen molar-refractivity contribution in [1.82, 2.24) is 3.53 Å². The van der Waals surface area contributed by atoms with Gasteiger partial charge in [-0.2, -0.15) is 0 Å². The number of rotatable bonds is 15. The van der Waals surface area contributed by atoms with Crippen LogP contribution in [-0.2, 0) is 28.5 Å². The molecule has 0 radical (unpaired) electrons. The van der Waals surface area contributed by atoms with E-state index in [1.54, 1.807) is 30.0 Å². The fraction of sp³-hybridized carbons (Fsp3) is 0.917. The van der Waals surface area contributed by atoms with Crippen molar-refractivity contribution in [2.24, 2.45) is 0 Å². The van der Waals surface area contributed by atoms with Crippen molar-refractivity contribution in [1.29, 1.82) is 0 Å². The van der Waals surface area contributed by atoms with Crippen molar-refractivity contribution in [2.45, 2.75) is 6.42 Å². The molecule has 0 saturated heterocycles. The van der Waals surface area contributed by atoms with Gasteiger partial charge in [0.05, 0.1) is 62.5 Å². The lowest BCUT2D eigenvalue weighted by atomic mass is 10.5. The van der Waals surface area contributed by atoms with Crippen LogP contribution in [0.2, 0.25) is 0 Å². The normalized spacial score (nSPS) is 10.7. The van der Waals surface area contributed by atoms with Gasteiger partial charge in [-0.15, -0.1) is 0 Å². The third kappa shape index (κ3) is 16.1. The minimum atomic E-state index is -0.153. The van der Waals surface area contributed by atoms with E-state index in [1.165, 1.54) is 0 Å². The number of methoxy groups -OCH3 is 1. The molecule has 1 N–H and O–H groups in total. The van der Waals surface area contributed by atoms with Gasteiger partial charge >= 0.3 is 0 Å². The first-order valence-electron chi connectivity index (χ1n) is 6.50. The highest BCUT2D eigenvalue weighted by Gasteiger charge is 1.97. The number of halogens is 1. The Hall–Kier alpha value is 0. The van der Waals surface area contributed by atoms with Crippen LogP contribution in [-0.4, -0.2) is 72.5 Å². The molecular formula is C12H24INO6. The maximum Gasteiger partial charge on any atom is 0.254 e. The molecular weight excluding hydrogens is 381 g/mol. The van der Waals surface area contributed by atoms with E-state index in [1.807, 2.05) is 0 Å². The standard InChI is InChI=1S/C12H24INO6/c1-16-3-2-4-17-5-6-18-7-8-19-9-10-20-11-12(15)14-13/h2-11H2,1H3,(H,14,15). The highest BCUT2D eigenvalue weighted by molar-refractivity contribution is 14.1.